The number of aromatic nitrogens is 2. The molecule has 2 aromatic rings. The normalized spacial score (nSPS) is 14.4. The number of nitrogens with one attached hydrogen (secondary N) is 1. The van der Waals surface area contributed by atoms with E-state index >= 15 is 0 Å². The maximum Gasteiger partial charge on any atom is 0.0687 e. The Morgan fingerprint density at radius 3 is 2.55 bits per heavy atom. The molecule has 2 atom stereocenters. The predicted molar refractivity (Wildman–Crippen MR) is 80.8 cm³/mol. The van der Waals surface area contributed by atoms with E-state index in [0.29, 0.717) is 6.54 Å². The van der Waals surface area contributed by atoms with Gasteiger partial charge in [-0.2, -0.15) is 5.10 Å². The highest BCUT2D eigenvalue weighted by Crippen LogP contribution is 2.14. The molecule has 4 heteroatoms. The SMILES string of the molecule is CC(NCC(O)C(C)C)c1cnn(-c2ccccc2)c1. The van der Waals surface area contributed by atoms with E-state index in [2.05, 4.69) is 17.3 Å². The van der Waals surface area contributed by atoms with Crippen LogP contribution in [-0.4, -0.2) is 27.5 Å². The molecule has 0 aliphatic heterocycles. The van der Waals surface area contributed by atoms with Gasteiger partial charge in [0.15, 0.2) is 0 Å². The minimum Gasteiger partial charge on any atom is -0.392 e. The number of rotatable bonds is 6. The van der Waals surface area contributed by atoms with Crippen molar-refractivity contribution in [3.8, 4) is 5.69 Å². The Morgan fingerprint density at radius 2 is 1.90 bits per heavy atom. The fraction of sp³-hybridized carbons (Fsp3) is 0.438. The molecule has 108 valence electrons. The minimum absolute atomic E-state index is 0.167. The second kappa shape index (κ2) is 6.68. The number of aliphatic hydroxyl groups excluding tert-OH is 1. The molecule has 0 spiro atoms. The van der Waals surface area contributed by atoms with Crippen LogP contribution in [0.15, 0.2) is 42.7 Å². The highest BCUT2D eigenvalue weighted by molar-refractivity contribution is 5.31. The van der Waals surface area contributed by atoms with Crippen molar-refractivity contribution >= 4 is 0 Å². The maximum atomic E-state index is 9.82. The van der Waals surface area contributed by atoms with E-state index in [0.717, 1.165) is 11.3 Å². The molecule has 1 aromatic carbocycles. The van der Waals surface area contributed by atoms with Crippen LogP contribution >= 0.6 is 0 Å². The molecule has 1 heterocycles. The standard InChI is InChI=1S/C16H23N3O/c1-12(2)16(20)10-17-13(3)14-9-18-19(11-14)15-7-5-4-6-8-15/h4-9,11-13,16-17,20H,10H2,1-3H3. The largest absolute Gasteiger partial charge is 0.392 e. The highest BCUT2D eigenvalue weighted by atomic mass is 16.3. The van der Waals surface area contributed by atoms with Gasteiger partial charge in [-0.25, -0.2) is 4.68 Å². The first-order valence-electron chi connectivity index (χ1n) is 7.09. The lowest BCUT2D eigenvalue weighted by molar-refractivity contribution is 0.120. The molecule has 0 amide bonds. The first-order valence-corrected chi connectivity index (χ1v) is 7.09. The van der Waals surface area contributed by atoms with Gasteiger partial charge < -0.3 is 10.4 Å². The Kier molecular flexibility index (Phi) is 4.93. The van der Waals surface area contributed by atoms with Crippen molar-refractivity contribution in [1.82, 2.24) is 15.1 Å². The number of aliphatic hydroxyl groups is 1. The summed E-state index contributed by atoms with van der Waals surface area (Å²) in [5, 5.41) is 17.5. The van der Waals surface area contributed by atoms with Crippen molar-refractivity contribution in [2.24, 2.45) is 5.92 Å². The molecule has 2 rings (SSSR count). The van der Waals surface area contributed by atoms with Crippen LogP contribution in [0.2, 0.25) is 0 Å². The summed E-state index contributed by atoms with van der Waals surface area (Å²) >= 11 is 0. The van der Waals surface area contributed by atoms with Gasteiger partial charge in [0.2, 0.25) is 0 Å². The van der Waals surface area contributed by atoms with Crippen molar-refractivity contribution in [2.75, 3.05) is 6.54 Å². The molecule has 4 nitrogen and oxygen atoms in total. The van der Waals surface area contributed by atoms with Crippen LogP contribution in [0.4, 0.5) is 0 Å². The molecule has 0 aliphatic rings. The molecule has 0 bridgehead atoms. The topological polar surface area (TPSA) is 50.1 Å². The average Bonchev–Trinajstić information content (AvgIpc) is 2.95. The molecule has 1 aromatic heterocycles. The first kappa shape index (κ1) is 14.8. The van der Waals surface area contributed by atoms with Crippen molar-refractivity contribution in [1.29, 1.82) is 0 Å². The predicted octanol–water partition coefficient (Wildman–Crippen LogP) is 2.54. The van der Waals surface area contributed by atoms with Crippen molar-refractivity contribution < 1.29 is 5.11 Å². The van der Waals surface area contributed by atoms with Crippen LogP contribution in [0.5, 0.6) is 0 Å². The van der Waals surface area contributed by atoms with E-state index in [9.17, 15) is 5.11 Å². The number of benzene rings is 1. The van der Waals surface area contributed by atoms with Gasteiger partial charge in [-0.1, -0.05) is 32.0 Å². The van der Waals surface area contributed by atoms with Gasteiger partial charge in [0.05, 0.1) is 18.0 Å². The third-order valence-corrected chi connectivity index (χ3v) is 3.53. The molecule has 0 saturated carbocycles. The van der Waals surface area contributed by atoms with Crippen LogP contribution in [0.3, 0.4) is 0 Å². The molecule has 0 fully saturated rings. The Bertz CT molecular complexity index is 522. The Hall–Kier alpha value is -1.65. The van der Waals surface area contributed by atoms with Gasteiger partial charge in [-0.3, -0.25) is 0 Å². The Balaban J connectivity index is 1.98. The fourth-order valence-corrected chi connectivity index (χ4v) is 1.93. The summed E-state index contributed by atoms with van der Waals surface area (Å²) in [6.07, 6.45) is 3.57. The molecular weight excluding hydrogens is 250 g/mol. The molecule has 0 radical (unpaired) electrons. The van der Waals surface area contributed by atoms with Crippen molar-refractivity contribution in [3.05, 3.63) is 48.3 Å². The van der Waals surface area contributed by atoms with Crippen LogP contribution in [0, 0.1) is 5.92 Å². The summed E-state index contributed by atoms with van der Waals surface area (Å²) in [6.45, 7) is 6.71. The van der Waals surface area contributed by atoms with Crippen LogP contribution in [-0.2, 0) is 0 Å². The van der Waals surface area contributed by atoms with E-state index in [4.69, 9.17) is 0 Å². The van der Waals surface area contributed by atoms with Gasteiger partial charge in [-0.15, -0.1) is 0 Å². The maximum absolute atomic E-state index is 9.82. The van der Waals surface area contributed by atoms with E-state index in [1.54, 1.807) is 0 Å². The summed E-state index contributed by atoms with van der Waals surface area (Å²) in [7, 11) is 0. The number of hydrogen-bond acceptors (Lipinski definition) is 3. The smallest absolute Gasteiger partial charge is 0.0687 e. The van der Waals surface area contributed by atoms with Crippen molar-refractivity contribution in [3.63, 3.8) is 0 Å². The summed E-state index contributed by atoms with van der Waals surface area (Å²) in [4.78, 5) is 0. The summed E-state index contributed by atoms with van der Waals surface area (Å²) in [6, 6.07) is 10.2. The molecule has 0 aliphatic carbocycles. The zero-order valence-electron chi connectivity index (χ0n) is 12.3. The zero-order chi connectivity index (χ0) is 14.5. The molecule has 2 N–H and O–H groups in total. The second-order valence-electron chi connectivity index (χ2n) is 5.50. The van der Waals surface area contributed by atoms with Crippen LogP contribution in [0.1, 0.15) is 32.4 Å². The van der Waals surface area contributed by atoms with E-state index < -0.39 is 0 Å². The minimum atomic E-state index is -0.318. The third-order valence-electron chi connectivity index (χ3n) is 3.53. The Labute approximate surface area is 120 Å². The second-order valence-corrected chi connectivity index (χ2v) is 5.50. The monoisotopic (exact) mass is 273 g/mol. The average molecular weight is 273 g/mol. The quantitative estimate of drug-likeness (QED) is 0.850. The Morgan fingerprint density at radius 1 is 1.20 bits per heavy atom. The number of nitrogens with zero attached hydrogens (tertiary/aromatic N) is 2. The van der Waals surface area contributed by atoms with Gasteiger partial charge in [-0.05, 0) is 25.0 Å². The number of hydrogen-bond donors (Lipinski definition) is 2. The number of para-hydroxylation sites is 1. The molecule has 2 unspecified atom stereocenters. The summed E-state index contributed by atoms with van der Waals surface area (Å²) in [5.41, 5.74) is 2.16. The van der Waals surface area contributed by atoms with Gasteiger partial charge >= 0.3 is 0 Å². The van der Waals surface area contributed by atoms with E-state index in [1.165, 1.54) is 0 Å². The fourth-order valence-electron chi connectivity index (χ4n) is 1.93. The molecular formula is C16H23N3O. The molecule has 20 heavy (non-hydrogen) atoms. The van der Waals surface area contributed by atoms with Gasteiger partial charge in [0.25, 0.3) is 0 Å². The lowest BCUT2D eigenvalue weighted by Gasteiger charge is -2.18. The zero-order valence-corrected chi connectivity index (χ0v) is 12.3. The van der Waals surface area contributed by atoms with Gasteiger partial charge in [0.1, 0.15) is 0 Å². The van der Waals surface area contributed by atoms with E-state index in [1.807, 2.05) is 61.3 Å². The lowest BCUT2D eigenvalue weighted by Crippen LogP contribution is -2.32. The van der Waals surface area contributed by atoms with Gasteiger partial charge in [0, 0.05) is 24.3 Å². The summed E-state index contributed by atoms with van der Waals surface area (Å²) in [5.74, 6) is 0.266. The van der Waals surface area contributed by atoms with Crippen molar-refractivity contribution in [2.45, 2.75) is 32.9 Å². The highest BCUT2D eigenvalue weighted by Gasteiger charge is 2.13. The van der Waals surface area contributed by atoms with Crippen LogP contribution < -0.4 is 5.32 Å². The summed E-state index contributed by atoms with van der Waals surface area (Å²) < 4.78 is 1.87. The van der Waals surface area contributed by atoms with E-state index in [-0.39, 0.29) is 18.1 Å². The van der Waals surface area contributed by atoms with Crippen LogP contribution in [0.25, 0.3) is 5.69 Å². The molecule has 0 saturated heterocycles. The third kappa shape index (κ3) is 3.68. The lowest BCUT2D eigenvalue weighted by atomic mass is 10.1. The first-order chi connectivity index (χ1) is 9.58.